The molecule has 2 aromatic rings. The highest BCUT2D eigenvalue weighted by Gasteiger charge is 2.08. The molecule has 1 N–H and O–H groups in total. The Morgan fingerprint density at radius 1 is 0.917 bits per heavy atom. The van der Waals surface area contributed by atoms with Gasteiger partial charge in [-0.1, -0.05) is 35.9 Å². The average Bonchev–Trinajstić information content (AvgIpc) is 2.57. The third-order valence-corrected chi connectivity index (χ3v) is 3.58. The van der Waals surface area contributed by atoms with E-state index in [4.69, 9.17) is 9.47 Å². The molecule has 128 valence electrons. The molecule has 4 nitrogen and oxygen atoms in total. The maximum atomic E-state index is 12.1. The summed E-state index contributed by atoms with van der Waals surface area (Å²) in [5.74, 6) is 1.45. The van der Waals surface area contributed by atoms with E-state index in [1.165, 1.54) is 5.56 Å². The third-order valence-electron chi connectivity index (χ3n) is 3.58. The molecule has 0 fully saturated rings. The monoisotopic (exact) mass is 327 g/mol. The predicted octanol–water partition coefficient (Wildman–Crippen LogP) is 3.65. The van der Waals surface area contributed by atoms with Gasteiger partial charge in [-0.2, -0.15) is 0 Å². The van der Waals surface area contributed by atoms with Crippen LogP contribution in [0.15, 0.2) is 42.5 Å². The number of nitrogens with one attached hydrogen (secondary N) is 1. The summed E-state index contributed by atoms with van der Waals surface area (Å²) in [5, 5.41) is 2.95. The van der Waals surface area contributed by atoms with E-state index in [0.717, 1.165) is 16.9 Å². The second kappa shape index (κ2) is 8.96. The standard InChI is InChI=1S/C20H25NO3/c1-4-23-18-11-10-17(12-19(18)24-5-2)14-21-20(22)13-16-8-6-15(3)7-9-16/h6-12H,4-5,13-14H2,1-3H3,(H,21,22). The summed E-state index contributed by atoms with van der Waals surface area (Å²) in [6, 6.07) is 13.8. The van der Waals surface area contributed by atoms with Gasteiger partial charge in [0.2, 0.25) is 5.91 Å². The van der Waals surface area contributed by atoms with Crippen molar-refractivity contribution in [3.63, 3.8) is 0 Å². The van der Waals surface area contributed by atoms with Crippen molar-refractivity contribution in [3.05, 3.63) is 59.2 Å². The van der Waals surface area contributed by atoms with E-state index in [0.29, 0.717) is 31.9 Å². The first kappa shape index (κ1) is 17.9. The number of carbonyl (C=O) groups is 1. The van der Waals surface area contributed by atoms with Gasteiger partial charge in [0.15, 0.2) is 11.5 Å². The fraction of sp³-hybridized carbons (Fsp3) is 0.350. The number of ether oxygens (including phenoxy) is 2. The zero-order valence-corrected chi connectivity index (χ0v) is 14.6. The van der Waals surface area contributed by atoms with Crippen LogP contribution in [0.3, 0.4) is 0 Å². The molecule has 0 spiro atoms. The topological polar surface area (TPSA) is 47.6 Å². The quantitative estimate of drug-likeness (QED) is 0.805. The molecule has 0 radical (unpaired) electrons. The molecule has 0 atom stereocenters. The SMILES string of the molecule is CCOc1ccc(CNC(=O)Cc2ccc(C)cc2)cc1OCC. The minimum Gasteiger partial charge on any atom is -0.490 e. The lowest BCUT2D eigenvalue weighted by molar-refractivity contribution is -0.120. The van der Waals surface area contributed by atoms with Crippen LogP contribution in [0.5, 0.6) is 11.5 Å². The normalized spacial score (nSPS) is 10.3. The third kappa shape index (κ3) is 5.30. The number of hydrogen-bond acceptors (Lipinski definition) is 3. The molecule has 0 heterocycles. The number of rotatable bonds is 8. The predicted molar refractivity (Wildman–Crippen MR) is 95.5 cm³/mol. The van der Waals surface area contributed by atoms with Crippen LogP contribution in [0.2, 0.25) is 0 Å². The molecular weight excluding hydrogens is 302 g/mol. The summed E-state index contributed by atoms with van der Waals surface area (Å²) in [7, 11) is 0. The molecule has 2 rings (SSSR count). The van der Waals surface area contributed by atoms with Gasteiger partial charge in [-0.3, -0.25) is 4.79 Å². The van der Waals surface area contributed by atoms with Crippen LogP contribution in [0.4, 0.5) is 0 Å². The van der Waals surface area contributed by atoms with Crippen LogP contribution >= 0.6 is 0 Å². The van der Waals surface area contributed by atoms with Crippen LogP contribution in [-0.2, 0) is 17.8 Å². The number of amides is 1. The second-order valence-electron chi connectivity index (χ2n) is 5.59. The molecule has 0 unspecified atom stereocenters. The molecule has 1 amide bonds. The lowest BCUT2D eigenvalue weighted by Crippen LogP contribution is -2.24. The van der Waals surface area contributed by atoms with Gasteiger partial charge in [0.1, 0.15) is 0 Å². The van der Waals surface area contributed by atoms with Gasteiger partial charge in [-0.15, -0.1) is 0 Å². The highest BCUT2D eigenvalue weighted by Crippen LogP contribution is 2.28. The van der Waals surface area contributed by atoms with Gasteiger partial charge >= 0.3 is 0 Å². The summed E-state index contributed by atoms with van der Waals surface area (Å²) in [4.78, 5) is 12.1. The van der Waals surface area contributed by atoms with Crippen LogP contribution in [0, 0.1) is 6.92 Å². The van der Waals surface area contributed by atoms with Crippen molar-refractivity contribution in [2.75, 3.05) is 13.2 Å². The zero-order chi connectivity index (χ0) is 17.4. The summed E-state index contributed by atoms with van der Waals surface area (Å²) >= 11 is 0. The minimum absolute atomic E-state index is 0.00528. The Labute approximate surface area is 143 Å². The van der Waals surface area contributed by atoms with E-state index in [1.807, 2.05) is 63.2 Å². The highest BCUT2D eigenvalue weighted by molar-refractivity contribution is 5.78. The van der Waals surface area contributed by atoms with Gasteiger partial charge in [-0.25, -0.2) is 0 Å². The number of aryl methyl sites for hydroxylation is 1. The van der Waals surface area contributed by atoms with Gasteiger partial charge in [0.05, 0.1) is 19.6 Å². The smallest absolute Gasteiger partial charge is 0.224 e. The van der Waals surface area contributed by atoms with E-state index in [2.05, 4.69) is 5.32 Å². The van der Waals surface area contributed by atoms with E-state index < -0.39 is 0 Å². The fourth-order valence-electron chi connectivity index (χ4n) is 2.36. The Bertz CT molecular complexity index is 665. The molecule has 0 aliphatic carbocycles. The van der Waals surface area contributed by atoms with Crippen molar-refractivity contribution in [2.24, 2.45) is 0 Å². The average molecular weight is 327 g/mol. The Hall–Kier alpha value is -2.49. The van der Waals surface area contributed by atoms with E-state index in [1.54, 1.807) is 0 Å². The lowest BCUT2D eigenvalue weighted by atomic mass is 10.1. The Morgan fingerprint density at radius 3 is 2.21 bits per heavy atom. The van der Waals surface area contributed by atoms with E-state index in [9.17, 15) is 4.79 Å². The Morgan fingerprint density at radius 2 is 1.54 bits per heavy atom. The van der Waals surface area contributed by atoms with Crippen molar-refractivity contribution in [3.8, 4) is 11.5 Å². The molecule has 2 aromatic carbocycles. The van der Waals surface area contributed by atoms with Crippen molar-refractivity contribution >= 4 is 5.91 Å². The summed E-state index contributed by atoms with van der Waals surface area (Å²) in [6.07, 6.45) is 0.385. The van der Waals surface area contributed by atoms with Gasteiger partial charge in [0.25, 0.3) is 0 Å². The van der Waals surface area contributed by atoms with Gasteiger partial charge in [-0.05, 0) is 44.0 Å². The summed E-state index contributed by atoms with van der Waals surface area (Å²) in [6.45, 7) is 7.54. The zero-order valence-electron chi connectivity index (χ0n) is 14.6. The molecule has 24 heavy (non-hydrogen) atoms. The molecule has 0 saturated carbocycles. The number of carbonyl (C=O) groups excluding carboxylic acids is 1. The fourth-order valence-corrected chi connectivity index (χ4v) is 2.36. The molecule has 4 heteroatoms. The maximum Gasteiger partial charge on any atom is 0.224 e. The Kier molecular flexibility index (Phi) is 6.67. The molecule has 0 aliphatic heterocycles. The van der Waals surface area contributed by atoms with Crippen molar-refractivity contribution in [1.82, 2.24) is 5.32 Å². The van der Waals surface area contributed by atoms with Crippen LogP contribution in [0.1, 0.15) is 30.5 Å². The first-order valence-electron chi connectivity index (χ1n) is 8.33. The largest absolute Gasteiger partial charge is 0.490 e. The van der Waals surface area contributed by atoms with E-state index in [-0.39, 0.29) is 5.91 Å². The Balaban J connectivity index is 1.94. The van der Waals surface area contributed by atoms with Crippen molar-refractivity contribution in [2.45, 2.75) is 33.7 Å². The first-order chi connectivity index (χ1) is 11.6. The molecule has 0 saturated heterocycles. The number of benzene rings is 2. The molecule has 0 aliphatic rings. The van der Waals surface area contributed by atoms with Crippen molar-refractivity contribution < 1.29 is 14.3 Å². The van der Waals surface area contributed by atoms with Crippen LogP contribution < -0.4 is 14.8 Å². The van der Waals surface area contributed by atoms with Crippen LogP contribution in [0.25, 0.3) is 0 Å². The van der Waals surface area contributed by atoms with Gasteiger partial charge in [0, 0.05) is 6.54 Å². The highest BCUT2D eigenvalue weighted by atomic mass is 16.5. The summed E-state index contributed by atoms with van der Waals surface area (Å²) < 4.78 is 11.2. The summed E-state index contributed by atoms with van der Waals surface area (Å²) in [5.41, 5.74) is 3.19. The molecular formula is C20H25NO3. The van der Waals surface area contributed by atoms with Crippen molar-refractivity contribution in [1.29, 1.82) is 0 Å². The number of hydrogen-bond donors (Lipinski definition) is 1. The van der Waals surface area contributed by atoms with Gasteiger partial charge < -0.3 is 14.8 Å². The first-order valence-corrected chi connectivity index (χ1v) is 8.33. The van der Waals surface area contributed by atoms with Crippen LogP contribution in [-0.4, -0.2) is 19.1 Å². The molecule has 0 bridgehead atoms. The molecule has 0 aromatic heterocycles. The van der Waals surface area contributed by atoms with E-state index >= 15 is 0 Å². The maximum absolute atomic E-state index is 12.1. The second-order valence-corrected chi connectivity index (χ2v) is 5.59. The lowest BCUT2D eigenvalue weighted by Gasteiger charge is -2.13. The minimum atomic E-state index is 0.00528.